The molecule has 2 aromatic rings. The molecule has 3 heteroatoms. The van der Waals surface area contributed by atoms with Crippen LogP contribution in [0.25, 0.3) is 11.1 Å². The van der Waals surface area contributed by atoms with Crippen molar-refractivity contribution in [1.82, 2.24) is 4.98 Å². The Balaban J connectivity index is 2.04. The number of rotatable bonds is 3. The second-order valence-corrected chi connectivity index (χ2v) is 3.09. The molecule has 0 aliphatic rings. The molecule has 0 saturated carbocycles. The van der Waals surface area contributed by atoms with Gasteiger partial charge in [-0.05, 0) is 19.1 Å². The average Bonchev–Trinajstić information content (AvgIpc) is 2.67. The number of nitrogens with zero attached hydrogens (tertiary/aromatic N) is 1. The molecule has 1 aromatic carbocycles. The van der Waals surface area contributed by atoms with Gasteiger partial charge in [0.25, 0.3) is 6.01 Å². The van der Waals surface area contributed by atoms with Crippen LogP contribution >= 0.6 is 0 Å². The third kappa shape index (κ3) is 2.29. The molecule has 0 saturated heterocycles. The highest BCUT2D eigenvalue weighted by Crippen LogP contribution is 2.17. The number of oxazole rings is 1. The van der Waals surface area contributed by atoms with E-state index in [1.165, 1.54) is 0 Å². The van der Waals surface area contributed by atoms with Crippen LogP contribution in [0.5, 0.6) is 0 Å². The lowest BCUT2D eigenvalue weighted by atomic mass is 10.3. The summed E-state index contributed by atoms with van der Waals surface area (Å²) in [5, 5.41) is 3.09. The van der Waals surface area contributed by atoms with Crippen LogP contribution in [0.3, 0.4) is 0 Å². The Labute approximate surface area is 88.5 Å². The number of hydrogen-bond acceptors (Lipinski definition) is 3. The smallest absolute Gasteiger partial charge is 0.295 e. The number of hydrogen-bond donors (Lipinski definition) is 1. The van der Waals surface area contributed by atoms with E-state index < -0.39 is 0 Å². The van der Waals surface area contributed by atoms with Gasteiger partial charge < -0.3 is 9.73 Å². The molecule has 0 aliphatic carbocycles. The lowest BCUT2D eigenvalue weighted by Gasteiger charge is -1.94. The summed E-state index contributed by atoms with van der Waals surface area (Å²) in [6.07, 6.45) is 0.801. The van der Waals surface area contributed by atoms with Crippen LogP contribution in [0.1, 0.15) is 13.3 Å². The van der Waals surface area contributed by atoms with Crippen molar-refractivity contribution in [3.8, 4) is 11.8 Å². The van der Waals surface area contributed by atoms with Crippen LogP contribution in [-0.4, -0.2) is 11.5 Å². The lowest BCUT2D eigenvalue weighted by Crippen LogP contribution is -1.99. The Hall–Kier alpha value is -1.95. The van der Waals surface area contributed by atoms with Crippen molar-refractivity contribution >= 4 is 17.1 Å². The monoisotopic (exact) mass is 200 g/mol. The number of anilines is 1. The first-order chi connectivity index (χ1) is 7.40. The van der Waals surface area contributed by atoms with Gasteiger partial charge in [0.05, 0.1) is 0 Å². The fourth-order valence-electron chi connectivity index (χ4n) is 1.30. The fraction of sp³-hybridized carbons (Fsp3) is 0.250. The predicted molar refractivity (Wildman–Crippen MR) is 60.6 cm³/mol. The summed E-state index contributed by atoms with van der Waals surface area (Å²) in [6.45, 7) is 2.59. The number of aromatic nitrogens is 1. The standard InChI is InChI=1S/C12H12N2O/c1-2-3-6-9-13-12-14-10-7-4-5-8-11(10)15-12/h4-5,7-8H,6,9H2,1H3,(H,13,14). The SMILES string of the molecule is CC#CCCNc1nc2ccccc2o1. The third-order valence-corrected chi connectivity index (χ3v) is 2.00. The summed E-state index contributed by atoms with van der Waals surface area (Å²) < 4.78 is 5.48. The van der Waals surface area contributed by atoms with Crippen molar-refractivity contribution in [1.29, 1.82) is 0 Å². The largest absolute Gasteiger partial charge is 0.424 e. The van der Waals surface area contributed by atoms with Gasteiger partial charge in [-0.15, -0.1) is 11.8 Å². The normalized spacial score (nSPS) is 9.67. The molecule has 0 spiro atoms. The maximum Gasteiger partial charge on any atom is 0.295 e. The Morgan fingerprint density at radius 3 is 3.07 bits per heavy atom. The highest BCUT2D eigenvalue weighted by Gasteiger charge is 2.02. The van der Waals surface area contributed by atoms with Gasteiger partial charge in [0.15, 0.2) is 5.58 Å². The summed E-state index contributed by atoms with van der Waals surface area (Å²) in [5.41, 5.74) is 1.68. The Morgan fingerprint density at radius 2 is 2.27 bits per heavy atom. The zero-order valence-electron chi connectivity index (χ0n) is 8.58. The molecule has 0 radical (unpaired) electrons. The minimum absolute atomic E-state index is 0.564. The molecule has 15 heavy (non-hydrogen) atoms. The van der Waals surface area contributed by atoms with Gasteiger partial charge >= 0.3 is 0 Å². The first-order valence-corrected chi connectivity index (χ1v) is 4.89. The highest BCUT2D eigenvalue weighted by atomic mass is 16.4. The molecule has 3 nitrogen and oxygen atoms in total. The topological polar surface area (TPSA) is 38.1 Å². The number of benzene rings is 1. The van der Waals surface area contributed by atoms with Gasteiger partial charge in [-0.2, -0.15) is 4.98 Å². The molecule has 1 N–H and O–H groups in total. The Morgan fingerprint density at radius 1 is 1.40 bits per heavy atom. The van der Waals surface area contributed by atoms with Crippen LogP contribution in [0.2, 0.25) is 0 Å². The van der Waals surface area contributed by atoms with E-state index in [0.717, 1.165) is 24.1 Å². The molecule has 0 aliphatic heterocycles. The molecule has 1 heterocycles. The first kappa shape index (κ1) is 9.60. The van der Waals surface area contributed by atoms with Crippen LogP contribution < -0.4 is 5.32 Å². The fourth-order valence-corrected chi connectivity index (χ4v) is 1.30. The van der Waals surface area contributed by atoms with Gasteiger partial charge in [-0.25, -0.2) is 0 Å². The molecule has 0 amide bonds. The third-order valence-electron chi connectivity index (χ3n) is 2.00. The van der Waals surface area contributed by atoms with E-state index in [9.17, 15) is 0 Å². The summed E-state index contributed by atoms with van der Waals surface area (Å²) in [7, 11) is 0. The number of fused-ring (bicyclic) bond motifs is 1. The Bertz CT molecular complexity index is 472. The molecule has 2 rings (SSSR count). The van der Waals surface area contributed by atoms with Gasteiger partial charge in [0.2, 0.25) is 0 Å². The van der Waals surface area contributed by atoms with Gasteiger partial charge in [-0.1, -0.05) is 12.1 Å². The van der Waals surface area contributed by atoms with Crippen LogP contribution in [0.15, 0.2) is 28.7 Å². The summed E-state index contributed by atoms with van der Waals surface area (Å²) in [6, 6.07) is 8.26. The minimum atomic E-state index is 0.564. The zero-order valence-corrected chi connectivity index (χ0v) is 8.58. The first-order valence-electron chi connectivity index (χ1n) is 4.89. The van der Waals surface area contributed by atoms with Crippen molar-refractivity contribution in [2.24, 2.45) is 0 Å². The van der Waals surface area contributed by atoms with Crippen molar-refractivity contribution in [2.75, 3.05) is 11.9 Å². The molecular weight excluding hydrogens is 188 g/mol. The molecule has 0 atom stereocenters. The van der Waals surface area contributed by atoms with Crippen molar-refractivity contribution in [3.63, 3.8) is 0 Å². The average molecular weight is 200 g/mol. The lowest BCUT2D eigenvalue weighted by molar-refractivity contribution is 0.615. The highest BCUT2D eigenvalue weighted by molar-refractivity contribution is 5.74. The van der Waals surface area contributed by atoms with E-state index in [2.05, 4.69) is 22.1 Å². The van der Waals surface area contributed by atoms with Gasteiger partial charge in [-0.3, -0.25) is 0 Å². The molecule has 0 unspecified atom stereocenters. The molecule has 0 bridgehead atoms. The summed E-state index contributed by atoms with van der Waals surface area (Å²) in [5.74, 6) is 5.81. The zero-order chi connectivity index (χ0) is 10.5. The van der Waals surface area contributed by atoms with Gasteiger partial charge in [0.1, 0.15) is 5.52 Å². The second kappa shape index (κ2) is 4.52. The van der Waals surface area contributed by atoms with E-state index in [4.69, 9.17) is 4.42 Å². The van der Waals surface area contributed by atoms with Gasteiger partial charge in [0, 0.05) is 13.0 Å². The van der Waals surface area contributed by atoms with E-state index >= 15 is 0 Å². The Kier molecular flexibility index (Phi) is 2.89. The second-order valence-electron chi connectivity index (χ2n) is 3.09. The maximum atomic E-state index is 5.48. The number of para-hydroxylation sites is 2. The van der Waals surface area contributed by atoms with Crippen LogP contribution in [-0.2, 0) is 0 Å². The minimum Gasteiger partial charge on any atom is -0.424 e. The van der Waals surface area contributed by atoms with Crippen LogP contribution in [0, 0.1) is 11.8 Å². The number of nitrogens with one attached hydrogen (secondary N) is 1. The van der Waals surface area contributed by atoms with E-state index in [0.29, 0.717) is 6.01 Å². The van der Waals surface area contributed by atoms with Crippen molar-refractivity contribution < 1.29 is 4.42 Å². The molecule has 0 fully saturated rings. The predicted octanol–water partition coefficient (Wildman–Crippen LogP) is 2.65. The van der Waals surface area contributed by atoms with Crippen molar-refractivity contribution in [2.45, 2.75) is 13.3 Å². The van der Waals surface area contributed by atoms with Crippen molar-refractivity contribution in [3.05, 3.63) is 24.3 Å². The maximum absolute atomic E-state index is 5.48. The quantitative estimate of drug-likeness (QED) is 0.611. The molecule has 1 aromatic heterocycles. The van der Waals surface area contributed by atoms with E-state index in [1.807, 2.05) is 31.2 Å². The molecular formula is C12H12N2O. The summed E-state index contributed by atoms with van der Waals surface area (Å²) >= 11 is 0. The summed E-state index contributed by atoms with van der Waals surface area (Å²) in [4.78, 5) is 4.28. The van der Waals surface area contributed by atoms with E-state index in [-0.39, 0.29) is 0 Å². The molecule has 76 valence electrons. The van der Waals surface area contributed by atoms with E-state index in [1.54, 1.807) is 0 Å². The van der Waals surface area contributed by atoms with Crippen LogP contribution in [0.4, 0.5) is 6.01 Å².